The molecule has 0 aliphatic carbocycles. The van der Waals surface area contributed by atoms with Crippen molar-refractivity contribution in [3.05, 3.63) is 53.1 Å². The van der Waals surface area contributed by atoms with Crippen molar-refractivity contribution in [2.24, 2.45) is 5.10 Å². The second kappa shape index (κ2) is 8.87. The van der Waals surface area contributed by atoms with Crippen molar-refractivity contribution in [3.63, 3.8) is 0 Å². The minimum Gasteiger partial charge on any atom is -0.508 e. The minimum atomic E-state index is -0.460. The third-order valence-electron chi connectivity index (χ3n) is 3.45. The molecule has 4 N–H and O–H groups in total. The number of anilines is 1. The topological polar surface area (TPSA) is 111 Å². The van der Waals surface area contributed by atoms with Crippen LogP contribution in [0, 0.1) is 0 Å². The first-order chi connectivity index (χ1) is 12.4. The fraction of sp³-hybridized carbons (Fsp3) is 0.167. The highest BCUT2D eigenvalue weighted by Gasteiger charge is 2.10. The lowest BCUT2D eigenvalue weighted by Gasteiger charge is -2.07. The molecule has 0 aliphatic rings. The van der Waals surface area contributed by atoms with E-state index in [0.29, 0.717) is 22.0 Å². The van der Waals surface area contributed by atoms with Gasteiger partial charge in [0, 0.05) is 18.4 Å². The third-order valence-corrected chi connectivity index (χ3v) is 3.77. The van der Waals surface area contributed by atoms with Gasteiger partial charge in [0.2, 0.25) is 11.8 Å². The first kappa shape index (κ1) is 19.3. The zero-order chi connectivity index (χ0) is 19.1. The monoisotopic (exact) mass is 375 g/mol. The second-order valence-corrected chi connectivity index (χ2v) is 5.87. The Balaban J connectivity index is 1.85. The SMILES string of the molecule is C/C(=N/NC(=O)CCC(=O)Nc1ccccc1Cl)c1cc(O)ccc1O. The highest BCUT2D eigenvalue weighted by Crippen LogP contribution is 2.22. The molecule has 0 fully saturated rings. The van der Waals surface area contributed by atoms with Gasteiger partial charge in [0.25, 0.3) is 0 Å². The molecule has 0 aromatic heterocycles. The van der Waals surface area contributed by atoms with Crippen LogP contribution in [0.3, 0.4) is 0 Å². The molecule has 0 saturated heterocycles. The van der Waals surface area contributed by atoms with Gasteiger partial charge in [-0.15, -0.1) is 0 Å². The van der Waals surface area contributed by atoms with Crippen LogP contribution in [-0.4, -0.2) is 27.7 Å². The summed E-state index contributed by atoms with van der Waals surface area (Å²) in [7, 11) is 0. The van der Waals surface area contributed by atoms with Crippen molar-refractivity contribution in [1.82, 2.24) is 5.43 Å². The zero-order valence-corrected chi connectivity index (χ0v) is 14.7. The Hall–Kier alpha value is -3.06. The standard InChI is InChI=1S/C18H18ClN3O4/c1-11(13-10-12(23)6-7-16(13)24)21-22-18(26)9-8-17(25)20-15-5-3-2-4-14(15)19/h2-7,10,23-24H,8-9H2,1H3,(H,20,25)(H,22,26)/b21-11-. The van der Waals surface area contributed by atoms with Crippen molar-refractivity contribution < 1.29 is 19.8 Å². The van der Waals surface area contributed by atoms with Gasteiger partial charge in [-0.2, -0.15) is 5.10 Å². The van der Waals surface area contributed by atoms with E-state index in [1.54, 1.807) is 31.2 Å². The van der Waals surface area contributed by atoms with Crippen LogP contribution >= 0.6 is 11.6 Å². The molecule has 0 bridgehead atoms. The summed E-state index contributed by atoms with van der Waals surface area (Å²) in [6.45, 7) is 1.57. The quantitative estimate of drug-likeness (QED) is 0.353. The number of benzene rings is 2. The second-order valence-electron chi connectivity index (χ2n) is 5.46. The van der Waals surface area contributed by atoms with Gasteiger partial charge in [-0.3, -0.25) is 9.59 Å². The Morgan fingerprint density at radius 2 is 1.77 bits per heavy atom. The number of aromatic hydroxyl groups is 2. The van der Waals surface area contributed by atoms with Gasteiger partial charge >= 0.3 is 0 Å². The van der Waals surface area contributed by atoms with Crippen LogP contribution in [0.1, 0.15) is 25.3 Å². The molecular weight excluding hydrogens is 358 g/mol. The number of nitrogens with one attached hydrogen (secondary N) is 2. The molecule has 26 heavy (non-hydrogen) atoms. The molecular formula is C18H18ClN3O4. The molecule has 8 heteroatoms. The van der Waals surface area contributed by atoms with Gasteiger partial charge in [0.1, 0.15) is 11.5 Å². The Labute approximate surface area is 155 Å². The van der Waals surface area contributed by atoms with Crippen molar-refractivity contribution in [2.75, 3.05) is 5.32 Å². The van der Waals surface area contributed by atoms with Gasteiger partial charge in [0.15, 0.2) is 0 Å². The summed E-state index contributed by atoms with van der Waals surface area (Å²) >= 11 is 5.95. The molecule has 0 saturated carbocycles. The molecule has 0 unspecified atom stereocenters. The van der Waals surface area contributed by atoms with Gasteiger partial charge in [-0.25, -0.2) is 5.43 Å². The maximum absolute atomic E-state index is 11.9. The van der Waals surface area contributed by atoms with Crippen LogP contribution in [0.4, 0.5) is 5.69 Å². The van der Waals surface area contributed by atoms with Crippen LogP contribution in [0.15, 0.2) is 47.6 Å². The maximum Gasteiger partial charge on any atom is 0.240 e. The van der Waals surface area contributed by atoms with E-state index in [1.165, 1.54) is 18.2 Å². The predicted molar refractivity (Wildman–Crippen MR) is 99.4 cm³/mol. The number of hydrogen-bond acceptors (Lipinski definition) is 5. The molecule has 0 aliphatic heterocycles. The van der Waals surface area contributed by atoms with Crippen molar-refractivity contribution in [1.29, 1.82) is 0 Å². The number of rotatable bonds is 6. The van der Waals surface area contributed by atoms with Crippen LogP contribution in [0.25, 0.3) is 0 Å². The lowest BCUT2D eigenvalue weighted by molar-refractivity contribution is -0.124. The van der Waals surface area contributed by atoms with Crippen LogP contribution in [0.5, 0.6) is 11.5 Å². The normalized spacial score (nSPS) is 11.1. The number of para-hydroxylation sites is 1. The van der Waals surface area contributed by atoms with Crippen molar-refractivity contribution in [2.45, 2.75) is 19.8 Å². The van der Waals surface area contributed by atoms with E-state index in [0.717, 1.165) is 0 Å². The average Bonchev–Trinajstić information content (AvgIpc) is 2.62. The van der Waals surface area contributed by atoms with E-state index in [1.807, 2.05) is 0 Å². The predicted octanol–water partition coefficient (Wildman–Crippen LogP) is 3.01. The van der Waals surface area contributed by atoms with Crippen LogP contribution < -0.4 is 10.7 Å². The summed E-state index contributed by atoms with van der Waals surface area (Å²) in [6, 6.07) is 10.8. The summed E-state index contributed by atoms with van der Waals surface area (Å²) in [4.78, 5) is 23.7. The Kier molecular flexibility index (Phi) is 6.57. The molecule has 136 valence electrons. The lowest BCUT2D eigenvalue weighted by Crippen LogP contribution is -2.21. The fourth-order valence-corrected chi connectivity index (χ4v) is 2.26. The number of amides is 2. The maximum atomic E-state index is 11.9. The molecule has 0 atom stereocenters. The summed E-state index contributed by atoms with van der Waals surface area (Å²) in [5.41, 5.74) is 3.39. The molecule has 2 aromatic carbocycles. The van der Waals surface area contributed by atoms with E-state index in [-0.39, 0.29) is 30.2 Å². The zero-order valence-electron chi connectivity index (χ0n) is 14.0. The molecule has 2 aromatic rings. The van der Waals surface area contributed by atoms with Gasteiger partial charge in [-0.05, 0) is 37.3 Å². The van der Waals surface area contributed by atoms with E-state index in [9.17, 15) is 19.8 Å². The van der Waals surface area contributed by atoms with Crippen LogP contribution in [0.2, 0.25) is 5.02 Å². The molecule has 0 radical (unpaired) electrons. The highest BCUT2D eigenvalue weighted by atomic mass is 35.5. The molecule has 2 amide bonds. The van der Waals surface area contributed by atoms with E-state index >= 15 is 0 Å². The third kappa shape index (κ3) is 5.49. The minimum absolute atomic E-state index is 0.0325. The van der Waals surface area contributed by atoms with Gasteiger partial charge in [-0.1, -0.05) is 23.7 Å². The highest BCUT2D eigenvalue weighted by molar-refractivity contribution is 6.33. The van der Waals surface area contributed by atoms with E-state index in [4.69, 9.17) is 11.6 Å². The lowest BCUT2D eigenvalue weighted by atomic mass is 10.1. The Morgan fingerprint density at radius 3 is 2.50 bits per heavy atom. The number of carbonyl (C=O) groups excluding carboxylic acids is 2. The van der Waals surface area contributed by atoms with E-state index in [2.05, 4.69) is 15.8 Å². The van der Waals surface area contributed by atoms with Crippen molar-refractivity contribution >= 4 is 34.8 Å². The first-order valence-electron chi connectivity index (χ1n) is 7.76. The number of phenolic OH excluding ortho intramolecular Hbond substituents is 2. The molecule has 0 heterocycles. The van der Waals surface area contributed by atoms with Gasteiger partial charge < -0.3 is 15.5 Å². The summed E-state index contributed by atoms with van der Waals surface area (Å²) in [6.07, 6.45) is -0.109. The number of hydrazone groups is 1. The van der Waals surface area contributed by atoms with E-state index < -0.39 is 5.91 Å². The smallest absolute Gasteiger partial charge is 0.240 e. The number of hydrogen-bond donors (Lipinski definition) is 4. The Bertz CT molecular complexity index is 852. The number of nitrogens with zero attached hydrogens (tertiary/aromatic N) is 1. The molecule has 2 rings (SSSR count). The number of halogens is 1. The largest absolute Gasteiger partial charge is 0.508 e. The number of phenols is 2. The van der Waals surface area contributed by atoms with Gasteiger partial charge in [0.05, 0.1) is 16.4 Å². The van der Waals surface area contributed by atoms with Crippen molar-refractivity contribution in [3.8, 4) is 11.5 Å². The molecule has 0 spiro atoms. The van der Waals surface area contributed by atoms with Crippen LogP contribution in [-0.2, 0) is 9.59 Å². The fourth-order valence-electron chi connectivity index (χ4n) is 2.08. The first-order valence-corrected chi connectivity index (χ1v) is 8.14. The summed E-state index contributed by atoms with van der Waals surface area (Å²) in [5.74, 6) is -0.912. The summed E-state index contributed by atoms with van der Waals surface area (Å²) < 4.78 is 0. The summed E-state index contributed by atoms with van der Waals surface area (Å²) in [5, 5.41) is 26.1. The average molecular weight is 376 g/mol. The Morgan fingerprint density at radius 1 is 1.08 bits per heavy atom. The molecule has 7 nitrogen and oxygen atoms in total. The number of carbonyl (C=O) groups is 2.